The molecule has 1 heterocycles. The summed E-state index contributed by atoms with van der Waals surface area (Å²) in [4.78, 5) is 14.7. The van der Waals surface area contributed by atoms with Gasteiger partial charge in [-0.05, 0) is 0 Å². The summed E-state index contributed by atoms with van der Waals surface area (Å²) in [5, 5.41) is 8.10. The van der Waals surface area contributed by atoms with Gasteiger partial charge in [-0.15, -0.1) is 4.89 Å². The van der Waals surface area contributed by atoms with E-state index in [1.54, 1.807) is 4.89 Å². The molecule has 0 saturated carbocycles. The fourth-order valence-electron chi connectivity index (χ4n) is 0.423. The molecule has 5 nitrogen and oxygen atoms in total. The third-order valence-corrected chi connectivity index (χ3v) is 1.32. The molecule has 0 bridgehead atoms. The zero-order chi connectivity index (χ0) is 6.69. The van der Waals surface area contributed by atoms with E-state index < -0.39 is 0 Å². The van der Waals surface area contributed by atoms with Crippen LogP contribution in [0.1, 0.15) is 0 Å². The zero-order valence-corrected chi connectivity index (χ0v) is 5.18. The molecule has 1 aromatic heterocycles. The Kier molecular flexibility index (Phi) is 1.93. The molecule has 0 amide bonds. The molecule has 0 radical (unpaired) electrons. The molecular formula is C3H5N3O2S. The van der Waals surface area contributed by atoms with Crippen molar-refractivity contribution in [3.8, 4) is 0 Å². The number of H-pyrrole nitrogens is 1. The van der Waals surface area contributed by atoms with Crippen molar-refractivity contribution in [2.24, 2.45) is 0 Å². The summed E-state index contributed by atoms with van der Waals surface area (Å²) in [7, 11) is 0. The quantitative estimate of drug-likeness (QED) is 0.392. The van der Waals surface area contributed by atoms with Crippen LogP contribution < -0.4 is 10.6 Å². The Morgan fingerprint density at radius 2 is 2.67 bits per heavy atom. The van der Waals surface area contributed by atoms with E-state index in [1.807, 2.05) is 0 Å². The van der Waals surface area contributed by atoms with Crippen molar-refractivity contribution < 1.29 is 5.21 Å². The second kappa shape index (κ2) is 2.72. The van der Waals surface area contributed by atoms with Crippen molar-refractivity contribution in [3.63, 3.8) is 0 Å². The Morgan fingerprint density at radius 3 is 3.11 bits per heavy atom. The molecule has 0 spiro atoms. The van der Waals surface area contributed by atoms with Gasteiger partial charge in [0.25, 0.3) is 0 Å². The lowest BCUT2D eigenvalue weighted by molar-refractivity contribution is 0.257. The van der Waals surface area contributed by atoms with Crippen molar-refractivity contribution in [1.29, 1.82) is 0 Å². The van der Waals surface area contributed by atoms with Gasteiger partial charge in [0, 0.05) is 12.4 Å². The minimum Gasteiger partial charge on any atom is -0.312 e. The number of aromatic nitrogens is 2. The molecule has 1 rings (SSSR count). The maximum atomic E-state index is 10.5. The first-order chi connectivity index (χ1) is 4.34. The normalized spacial score (nSPS) is 9.89. The van der Waals surface area contributed by atoms with E-state index in [0.29, 0.717) is 0 Å². The number of hydrogen-bond donors (Lipinski definition) is 3. The van der Waals surface area contributed by atoms with Gasteiger partial charge in [0.2, 0.25) is 0 Å². The monoisotopic (exact) mass is 147 g/mol. The van der Waals surface area contributed by atoms with Crippen molar-refractivity contribution >= 4 is 12.1 Å². The molecule has 0 aliphatic heterocycles. The second-order valence-corrected chi connectivity index (χ2v) is 2.03. The Balaban J connectivity index is 2.81. The molecule has 6 heteroatoms. The van der Waals surface area contributed by atoms with Crippen molar-refractivity contribution in [2.75, 3.05) is 0 Å². The van der Waals surface area contributed by atoms with Gasteiger partial charge >= 0.3 is 5.69 Å². The van der Waals surface area contributed by atoms with Gasteiger partial charge in [0.15, 0.2) is 0 Å². The highest BCUT2D eigenvalue weighted by Gasteiger charge is 1.91. The number of hydrogen-bond acceptors (Lipinski definition) is 4. The van der Waals surface area contributed by atoms with Crippen LogP contribution in [-0.2, 0) is 0 Å². The first-order valence-electron chi connectivity index (χ1n) is 2.17. The van der Waals surface area contributed by atoms with Crippen LogP contribution in [0.4, 0.5) is 0 Å². The SMILES string of the molecule is O=c1[nH]ccn1SNO. The molecule has 50 valence electrons. The molecule has 9 heavy (non-hydrogen) atoms. The predicted octanol–water partition coefficient (Wildman–Crippen LogP) is -0.433. The van der Waals surface area contributed by atoms with Gasteiger partial charge in [0.1, 0.15) is 0 Å². The molecular weight excluding hydrogens is 142 g/mol. The molecule has 0 aliphatic carbocycles. The molecule has 3 N–H and O–H groups in total. The van der Waals surface area contributed by atoms with Crippen LogP contribution in [0.15, 0.2) is 17.2 Å². The van der Waals surface area contributed by atoms with Crippen molar-refractivity contribution in [3.05, 3.63) is 22.9 Å². The Hall–Kier alpha value is -0.720. The second-order valence-electron chi connectivity index (χ2n) is 1.27. The van der Waals surface area contributed by atoms with E-state index in [4.69, 9.17) is 5.21 Å². The fourth-order valence-corrected chi connectivity index (χ4v) is 0.769. The van der Waals surface area contributed by atoms with E-state index in [1.165, 1.54) is 16.4 Å². The van der Waals surface area contributed by atoms with Crippen LogP contribution in [0.5, 0.6) is 0 Å². The summed E-state index contributed by atoms with van der Waals surface area (Å²) >= 11 is 0.787. The van der Waals surface area contributed by atoms with E-state index in [9.17, 15) is 4.79 Å². The van der Waals surface area contributed by atoms with Crippen molar-refractivity contribution in [2.45, 2.75) is 0 Å². The number of rotatable bonds is 2. The maximum absolute atomic E-state index is 10.5. The smallest absolute Gasteiger partial charge is 0.312 e. The first-order valence-corrected chi connectivity index (χ1v) is 2.94. The standard InChI is InChI=1S/C3H5N3O2S/c7-3-4-1-2-6(3)9-5-8/h1-2,5,8H,(H,4,7). The Labute approximate surface area is 54.9 Å². The van der Waals surface area contributed by atoms with Crippen LogP contribution >= 0.6 is 12.1 Å². The maximum Gasteiger partial charge on any atom is 0.336 e. The summed E-state index contributed by atoms with van der Waals surface area (Å²) in [6.45, 7) is 0. The van der Waals surface area contributed by atoms with Crippen LogP contribution in [0, 0.1) is 0 Å². The largest absolute Gasteiger partial charge is 0.336 e. The average molecular weight is 147 g/mol. The minimum absolute atomic E-state index is 0.276. The molecule has 1 aromatic rings. The van der Waals surface area contributed by atoms with Crippen molar-refractivity contribution in [1.82, 2.24) is 13.8 Å². The fraction of sp³-hybridized carbons (Fsp3) is 0. The Morgan fingerprint density at radius 1 is 1.89 bits per heavy atom. The number of imidazole rings is 1. The van der Waals surface area contributed by atoms with Crippen LogP contribution in [0.3, 0.4) is 0 Å². The molecule has 0 unspecified atom stereocenters. The van der Waals surface area contributed by atoms with Crippen LogP contribution in [0.25, 0.3) is 0 Å². The summed E-state index contributed by atoms with van der Waals surface area (Å²) in [5.41, 5.74) is -0.276. The first kappa shape index (κ1) is 6.40. The lowest BCUT2D eigenvalue weighted by Gasteiger charge is -1.91. The van der Waals surface area contributed by atoms with Gasteiger partial charge in [-0.3, -0.25) is 0 Å². The van der Waals surface area contributed by atoms with Crippen LogP contribution in [0.2, 0.25) is 0 Å². The third kappa shape index (κ3) is 1.35. The topological polar surface area (TPSA) is 70.0 Å². The molecule has 0 saturated heterocycles. The summed E-state index contributed by atoms with van der Waals surface area (Å²) in [5.74, 6) is 0. The third-order valence-electron chi connectivity index (χ3n) is 0.756. The van der Waals surface area contributed by atoms with E-state index in [2.05, 4.69) is 4.98 Å². The number of nitrogens with one attached hydrogen (secondary N) is 2. The lowest BCUT2D eigenvalue weighted by Crippen LogP contribution is -2.14. The van der Waals surface area contributed by atoms with Gasteiger partial charge in [-0.2, -0.15) is 0 Å². The zero-order valence-electron chi connectivity index (χ0n) is 4.37. The van der Waals surface area contributed by atoms with E-state index in [0.717, 1.165) is 12.1 Å². The van der Waals surface area contributed by atoms with Gasteiger partial charge in [-0.25, -0.2) is 8.77 Å². The van der Waals surface area contributed by atoms with E-state index in [-0.39, 0.29) is 5.69 Å². The summed E-state index contributed by atoms with van der Waals surface area (Å²) < 4.78 is 1.21. The highest BCUT2D eigenvalue weighted by Crippen LogP contribution is 1.90. The van der Waals surface area contributed by atoms with Crippen LogP contribution in [-0.4, -0.2) is 14.2 Å². The predicted molar refractivity (Wildman–Crippen MR) is 33.0 cm³/mol. The van der Waals surface area contributed by atoms with Gasteiger partial charge in [-0.1, -0.05) is 0 Å². The molecule has 0 aromatic carbocycles. The van der Waals surface area contributed by atoms with Gasteiger partial charge < -0.3 is 10.2 Å². The highest BCUT2D eigenvalue weighted by molar-refractivity contribution is 7.95. The summed E-state index contributed by atoms with van der Waals surface area (Å²) in [6.07, 6.45) is 2.98. The number of nitrogens with zero attached hydrogens (tertiary/aromatic N) is 1. The average Bonchev–Trinajstić information content (AvgIpc) is 2.18. The summed E-state index contributed by atoms with van der Waals surface area (Å²) in [6, 6.07) is 0. The molecule has 0 atom stereocenters. The lowest BCUT2D eigenvalue weighted by atomic mass is 11.0. The van der Waals surface area contributed by atoms with Gasteiger partial charge in [0.05, 0.1) is 12.1 Å². The molecule has 0 fully saturated rings. The molecule has 0 aliphatic rings. The Bertz CT molecular complexity index is 229. The highest BCUT2D eigenvalue weighted by atomic mass is 32.2. The van der Waals surface area contributed by atoms with E-state index >= 15 is 0 Å². The minimum atomic E-state index is -0.276. The number of aromatic amines is 1.